The van der Waals surface area contributed by atoms with E-state index in [0.717, 1.165) is 5.56 Å². The lowest BCUT2D eigenvalue weighted by Gasteiger charge is -2.24. The molecule has 16 heteroatoms. The number of benzene rings is 2. The molecule has 5 rings (SSSR count). The molecule has 5 atom stereocenters. The summed E-state index contributed by atoms with van der Waals surface area (Å²) in [5, 5.41) is 29.6. The van der Waals surface area contributed by atoms with Gasteiger partial charge >= 0.3 is 12.1 Å². The zero-order chi connectivity index (χ0) is 35.8. The van der Waals surface area contributed by atoms with Crippen LogP contribution in [0.5, 0.6) is 0 Å². The first-order valence-electron chi connectivity index (χ1n) is 15.9. The Morgan fingerprint density at radius 2 is 1.66 bits per heavy atom. The van der Waals surface area contributed by atoms with Crippen LogP contribution < -0.4 is 16.0 Å². The van der Waals surface area contributed by atoms with Gasteiger partial charge < -0.3 is 40.4 Å². The third-order valence-corrected chi connectivity index (χ3v) is 7.60. The summed E-state index contributed by atoms with van der Waals surface area (Å²) >= 11 is 0. The molecule has 0 saturated carbocycles. The van der Waals surface area contributed by atoms with Crippen LogP contribution in [0.15, 0.2) is 73.3 Å². The highest BCUT2D eigenvalue weighted by atomic mass is 16.6. The van der Waals surface area contributed by atoms with Gasteiger partial charge in [-0.15, -0.1) is 0 Å². The second-order valence-electron chi connectivity index (χ2n) is 12.5. The Balaban J connectivity index is 1.22. The van der Waals surface area contributed by atoms with Crippen molar-refractivity contribution in [3.8, 4) is 0 Å². The van der Waals surface area contributed by atoms with E-state index in [1.165, 1.54) is 17.2 Å². The number of hydrogen-bond acceptors (Lipinski definition) is 12. The number of imidazole rings is 1. The van der Waals surface area contributed by atoms with Gasteiger partial charge in [0.15, 0.2) is 23.2 Å². The van der Waals surface area contributed by atoms with Crippen molar-refractivity contribution in [1.29, 1.82) is 0 Å². The Labute approximate surface area is 287 Å². The van der Waals surface area contributed by atoms with Gasteiger partial charge in [0.05, 0.1) is 6.33 Å². The summed E-state index contributed by atoms with van der Waals surface area (Å²) in [7, 11) is 0. The minimum absolute atomic E-state index is 0.0539. The number of alkyl carbamates (subject to hydrolysis) is 1. The highest BCUT2D eigenvalue weighted by molar-refractivity contribution is 6.06. The number of fused-ring (bicyclic) bond motifs is 1. The standard InChI is InChI=1S/C34H39N7O9/c1-34(2,3)50-33(47)39-22(14-15-24(42)48-17-20-10-6-4-7-11-20)31(46)35-16-23-26(43)27(44)32(49-23)41-19-38-25-28(36-18-37-29(25)41)40-30(45)21-12-8-5-9-13-21/h4-13,18-19,22-23,26-27,32,43-44H,14-17H2,1-3H3,(H,35,46)(H,39,47)(H,36,37,40,45)/t22-,23+,26+,27+,32+/m0/s1. The number of aliphatic hydroxyl groups is 2. The van der Waals surface area contributed by atoms with Gasteiger partial charge in [0, 0.05) is 18.5 Å². The molecule has 0 unspecified atom stereocenters. The number of esters is 1. The van der Waals surface area contributed by atoms with Gasteiger partial charge in [0.2, 0.25) is 5.91 Å². The highest BCUT2D eigenvalue weighted by Gasteiger charge is 2.44. The molecule has 16 nitrogen and oxygen atoms in total. The molecule has 0 aliphatic carbocycles. The third-order valence-electron chi connectivity index (χ3n) is 7.60. The van der Waals surface area contributed by atoms with Crippen LogP contribution in [0.4, 0.5) is 10.6 Å². The van der Waals surface area contributed by atoms with E-state index in [-0.39, 0.29) is 43.0 Å². The maximum absolute atomic E-state index is 13.3. The number of aromatic nitrogens is 4. The van der Waals surface area contributed by atoms with Crippen LogP contribution in [-0.2, 0) is 30.4 Å². The van der Waals surface area contributed by atoms with Gasteiger partial charge in [-0.2, -0.15) is 0 Å². The quantitative estimate of drug-likeness (QED) is 0.135. The molecule has 4 aromatic rings. The molecule has 0 radical (unpaired) electrons. The first kappa shape index (κ1) is 35.8. The molecule has 50 heavy (non-hydrogen) atoms. The first-order chi connectivity index (χ1) is 23.9. The number of nitrogens with one attached hydrogen (secondary N) is 3. The van der Waals surface area contributed by atoms with Gasteiger partial charge in [0.1, 0.15) is 42.9 Å². The second kappa shape index (κ2) is 15.8. The van der Waals surface area contributed by atoms with Crippen LogP contribution in [0.2, 0.25) is 0 Å². The van der Waals surface area contributed by atoms with Crippen LogP contribution in [-0.4, -0.2) is 90.1 Å². The molecule has 2 aromatic carbocycles. The van der Waals surface area contributed by atoms with Crippen molar-refractivity contribution in [2.24, 2.45) is 0 Å². The minimum atomic E-state index is -1.46. The molecule has 264 valence electrons. The van der Waals surface area contributed by atoms with Crippen molar-refractivity contribution in [2.75, 3.05) is 11.9 Å². The smallest absolute Gasteiger partial charge is 0.408 e. The molecular formula is C34H39N7O9. The van der Waals surface area contributed by atoms with Crippen molar-refractivity contribution in [1.82, 2.24) is 30.2 Å². The van der Waals surface area contributed by atoms with Crippen LogP contribution in [0.1, 0.15) is 55.8 Å². The number of carbonyl (C=O) groups excluding carboxylic acids is 4. The van der Waals surface area contributed by atoms with Crippen molar-refractivity contribution >= 4 is 40.9 Å². The summed E-state index contributed by atoms with van der Waals surface area (Å²) in [4.78, 5) is 63.7. The lowest BCUT2D eigenvalue weighted by Crippen LogP contribution is -2.50. The van der Waals surface area contributed by atoms with E-state index in [1.807, 2.05) is 18.2 Å². The Morgan fingerprint density at radius 3 is 2.36 bits per heavy atom. The zero-order valence-corrected chi connectivity index (χ0v) is 27.7. The molecule has 1 fully saturated rings. The Morgan fingerprint density at radius 1 is 0.960 bits per heavy atom. The minimum Gasteiger partial charge on any atom is -0.461 e. The summed E-state index contributed by atoms with van der Waals surface area (Å²) in [5.41, 5.74) is 0.794. The summed E-state index contributed by atoms with van der Waals surface area (Å²) in [6.45, 7) is 4.79. The topological polar surface area (TPSA) is 216 Å². The molecule has 1 aliphatic rings. The van der Waals surface area contributed by atoms with Crippen molar-refractivity contribution in [2.45, 2.75) is 76.4 Å². The number of nitrogens with zero attached hydrogens (tertiary/aromatic N) is 4. The summed E-state index contributed by atoms with van der Waals surface area (Å²) in [6.07, 6.45) is -3.77. The fraction of sp³-hybridized carbons (Fsp3) is 0.382. The summed E-state index contributed by atoms with van der Waals surface area (Å²) < 4.78 is 17.9. The maximum Gasteiger partial charge on any atom is 0.408 e. The lowest BCUT2D eigenvalue weighted by molar-refractivity contribution is -0.145. The maximum atomic E-state index is 13.3. The van der Waals surface area contributed by atoms with Crippen LogP contribution in [0.3, 0.4) is 0 Å². The van der Waals surface area contributed by atoms with E-state index < -0.39 is 60.1 Å². The molecule has 0 bridgehead atoms. The van der Waals surface area contributed by atoms with Crippen LogP contribution in [0.25, 0.3) is 11.2 Å². The Hall–Kier alpha value is -5.45. The van der Waals surface area contributed by atoms with Crippen LogP contribution in [0, 0.1) is 0 Å². The number of hydrogen-bond donors (Lipinski definition) is 5. The van der Waals surface area contributed by atoms with E-state index in [4.69, 9.17) is 14.2 Å². The van der Waals surface area contributed by atoms with Crippen molar-refractivity contribution in [3.05, 3.63) is 84.4 Å². The number of carbonyl (C=O) groups is 4. The number of rotatable bonds is 12. The number of aliphatic hydroxyl groups excluding tert-OH is 2. The van der Waals surface area contributed by atoms with Crippen LogP contribution >= 0.6 is 0 Å². The molecule has 3 heterocycles. The van der Waals surface area contributed by atoms with Gasteiger partial charge in [-0.1, -0.05) is 48.5 Å². The first-order valence-corrected chi connectivity index (χ1v) is 15.9. The normalized spacial score (nSPS) is 19.4. The fourth-order valence-electron chi connectivity index (χ4n) is 5.14. The average Bonchev–Trinajstić information content (AvgIpc) is 3.65. The molecule has 2 aromatic heterocycles. The predicted octanol–water partition coefficient (Wildman–Crippen LogP) is 2.23. The number of anilines is 1. The van der Waals surface area contributed by atoms with Crippen molar-refractivity contribution < 1.29 is 43.6 Å². The molecule has 1 aliphatic heterocycles. The highest BCUT2D eigenvalue weighted by Crippen LogP contribution is 2.32. The SMILES string of the molecule is CC(C)(C)OC(=O)N[C@@H](CCC(=O)OCc1ccccc1)C(=O)NC[C@H]1O[C@@H](n2cnc3c(NC(=O)c4ccccc4)ncnc32)[C@H](O)[C@@H]1O. The monoisotopic (exact) mass is 689 g/mol. The van der Waals surface area contributed by atoms with E-state index in [9.17, 15) is 29.4 Å². The average molecular weight is 690 g/mol. The van der Waals surface area contributed by atoms with E-state index in [0.29, 0.717) is 5.56 Å². The van der Waals surface area contributed by atoms with Gasteiger partial charge in [-0.3, -0.25) is 19.0 Å². The van der Waals surface area contributed by atoms with E-state index in [2.05, 4.69) is 30.9 Å². The lowest BCUT2D eigenvalue weighted by atomic mass is 10.1. The molecule has 3 amide bonds. The Bertz CT molecular complexity index is 1800. The predicted molar refractivity (Wildman–Crippen MR) is 177 cm³/mol. The number of amides is 3. The zero-order valence-electron chi connectivity index (χ0n) is 27.7. The van der Waals surface area contributed by atoms with Crippen molar-refractivity contribution in [3.63, 3.8) is 0 Å². The van der Waals surface area contributed by atoms with Gasteiger partial charge in [-0.05, 0) is 44.9 Å². The summed E-state index contributed by atoms with van der Waals surface area (Å²) in [5.74, 6) is -1.53. The number of ether oxygens (including phenoxy) is 3. The molecular weight excluding hydrogens is 650 g/mol. The molecule has 0 spiro atoms. The van der Waals surface area contributed by atoms with E-state index in [1.54, 1.807) is 63.2 Å². The molecule has 1 saturated heterocycles. The largest absolute Gasteiger partial charge is 0.461 e. The Kier molecular flexibility index (Phi) is 11.4. The fourth-order valence-corrected chi connectivity index (χ4v) is 5.14. The third kappa shape index (κ3) is 9.16. The molecule has 5 N–H and O–H groups in total. The second-order valence-corrected chi connectivity index (χ2v) is 12.5. The summed E-state index contributed by atoms with van der Waals surface area (Å²) in [6, 6.07) is 16.4. The van der Waals surface area contributed by atoms with Gasteiger partial charge in [-0.25, -0.2) is 19.7 Å². The van der Waals surface area contributed by atoms with Gasteiger partial charge in [0.25, 0.3) is 5.91 Å². The van der Waals surface area contributed by atoms with E-state index >= 15 is 0 Å².